The topological polar surface area (TPSA) is 109 Å². The maximum absolute atomic E-state index is 13.1. The molecule has 0 radical (unpaired) electrons. The first kappa shape index (κ1) is 27.2. The molecule has 38 heavy (non-hydrogen) atoms. The minimum absolute atomic E-state index is 0.201. The number of hydrogen-bond acceptors (Lipinski definition) is 4. The van der Waals surface area contributed by atoms with Gasteiger partial charge in [-0.2, -0.15) is 0 Å². The van der Waals surface area contributed by atoms with Crippen molar-refractivity contribution in [2.45, 2.75) is 51.8 Å². The van der Waals surface area contributed by atoms with E-state index in [4.69, 9.17) is 11.6 Å². The normalized spacial score (nSPS) is 11.9. The van der Waals surface area contributed by atoms with Gasteiger partial charge >= 0.3 is 5.97 Å². The van der Waals surface area contributed by atoms with E-state index in [9.17, 15) is 19.8 Å². The Balaban J connectivity index is 1.48. The molecule has 8 nitrogen and oxygen atoms in total. The number of rotatable bonds is 12. The Morgan fingerprint density at radius 3 is 2.42 bits per heavy atom. The highest BCUT2D eigenvalue weighted by Crippen LogP contribution is 2.23. The van der Waals surface area contributed by atoms with Crippen LogP contribution in [0.25, 0.3) is 0 Å². The molecule has 198 valence electrons. The molecule has 0 saturated carbocycles. The third-order valence-electron chi connectivity index (χ3n) is 6.46. The lowest BCUT2D eigenvalue weighted by Gasteiger charge is -2.18. The van der Waals surface area contributed by atoms with E-state index in [0.29, 0.717) is 23.1 Å². The van der Waals surface area contributed by atoms with Crippen molar-refractivity contribution in [1.29, 1.82) is 0 Å². The first-order valence-electron chi connectivity index (χ1n) is 12.6. The minimum atomic E-state index is -1.01. The zero-order valence-electron chi connectivity index (χ0n) is 21.2. The summed E-state index contributed by atoms with van der Waals surface area (Å²) in [7, 11) is 0. The molecule has 4 aromatic rings. The van der Waals surface area contributed by atoms with Crippen molar-refractivity contribution in [2.75, 3.05) is 5.32 Å². The number of unbranched alkanes of at least 4 members (excludes halogenated alkanes) is 1. The molecule has 3 N–H and O–H groups in total. The summed E-state index contributed by atoms with van der Waals surface area (Å²) in [6.07, 6.45) is 4.64. The number of aliphatic hydroxyl groups is 1. The van der Waals surface area contributed by atoms with Gasteiger partial charge in [-0.1, -0.05) is 67.4 Å². The molecular formula is C29H31ClN4O4. The van der Waals surface area contributed by atoms with Crippen LogP contribution in [0, 0.1) is 0 Å². The fourth-order valence-electron chi connectivity index (χ4n) is 4.44. The average molecular weight is 535 g/mol. The number of aromatic nitrogens is 3. The Morgan fingerprint density at radius 1 is 1.03 bits per heavy atom. The van der Waals surface area contributed by atoms with Gasteiger partial charge in [0, 0.05) is 31.3 Å². The number of aliphatic hydroxyl groups excluding tert-OH is 1. The molecule has 0 bridgehead atoms. The van der Waals surface area contributed by atoms with Crippen molar-refractivity contribution < 1.29 is 19.8 Å². The molecule has 0 spiro atoms. The molecule has 2 aromatic heterocycles. The molecule has 1 atom stereocenters. The monoisotopic (exact) mass is 534 g/mol. The van der Waals surface area contributed by atoms with E-state index < -0.39 is 17.9 Å². The molecule has 9 heteroatoms. The van der Waals surface area contributed by atoms with E-state index in [1.807, 2.05) is 47.0 Å². The van der Waals surface area contributed by atoms with Gasteiger partial charge in [0.15, 0.2) is 5.15 Å². The quantitative estimate of drug-likeness (QED) is 0.227. The van der Waals surface area contributed by atoms with Gasteiger partial charge in [0.1, 0.15) is 17.6 Å². The van der Waals surface area contributed by atoms with E-state index in [1.54, 1.807) is 30.5 Å². The molecule has 0 aliphatic heterocycles. The summed E-state index contributed by atoms with van der Waals surface area (Å²) < 4.78 is 3.44. The van der Waals surface area contributed by atoms with E-state index in [1.165, 1.54) is 4.57 Å². The second kappa shape index (κ2) is 12.6. The number of nitrogens with one attached hydrogen (secondary N) is 1. The maximum atomic E-state index is 13.1. The smallest absolute Gasteiger partial charge is 0.327 e. The number of aryl methyl sites for hydroxylation is 1. The number of anilines is 1. The average Bonchev–Trinajstić information content (AvgIpc) is 3.51. The van der Waals surface area contributed by atoms with Gasteiger partial charge in [0.25, 0.3) is 5.91 Å². The third-order valence-corrected chi connectivity index (χ3v) is 6.77. The number of aliphatic carboxylic acids is 1. The van der Waals surface area contributed by atoms with Crippen molar-refractivity contribution in [2.24, 2.45) is 0 Å². The Hall–Kier alpha value is -3.88. The Kier molecular flexibility index (Phi) is 8.99. The summed E-state index contributed by atoms with van der Waals surface area (Å²) >= 11 is 6.25. The fraction of sp³-hybridized carbons (Fsp3) is 0.276. The van der Waals surface area contributed by atoms with Gasteiger partial charge in [-0.15, -0.1) is 0 Å². The number of carbonyl (C=O) groups is 2. The first-order valence-corrected chi connectivity index (χ1v) is 13.0. The molecule has 0 saturated heterocycles. The summed E-state index contributed by atoms with van der Waals surface area (Å²) in [5.74, 6) is -0.570. The number of halogens is 1. The van der Waals surface area contributed by atoms with Crippen LogP contribution in [0.15, 0.2) is 72.9 Å². The van der Waals surface area contributed by atoms with Gasteiger partial charge in [-0.25, -0.2) is 9.78 Å². The lowest BCUT2D eigenvalue weighted by Crippen LogP contribution is -2.26. The molecule has 4 rings (SSSR count). The molecule has 2 heterocycles. The summed E-state index contributed by atoms with van der Waals surface area (Å²) in [6.45, 7) is 2.40. The van der Waals surface area contributed by atoms with Gasteiger partial charge in [-0.3, -0.25) is 4.79 Å². The van der Waals surface area contributed by atoms with Crippen LogP contribution < -0.4 is 5.32 Å². The molecule has 0 aliphatic carbocycles. The number of carbonyl (C=O) groups excluding carboxylic acids is 1. The van der Waals surface area contributed by atoms with Crippen LogP contribution in [0.5, 0.6) is 0 Å². The Morgan fingerprint density at radius 2 is 1.76 bits per heavy atom. The van der Waals surface area contributed by atoms with Gasteiger partial charge in [0.05, 0.1) is 12.3 Å². The van der Waals surface area contributed by atoms with Crippen molar-refractivity contribution in [3.63, 3.8) is 0 Å². The number of benzene rings is 2. The van der Waals surface area contributed by atoms with Crippen LogP contribution in [-0.2, 0) is 30.8 Å². The van der Waals surface area contributed by atoms with E-state index in [0.717, 1.165) is 36.2 Å². The number of carboxylic acid groups (broad SMARTS) is 1. The summed E-state index contributed by atoms with van der Waals surface area (Å²) in [5.41, 5.74) is 3.26. The number of carboxylic acids is 1. The minimum Gasteiger partial charge on any atom is -0.480 e. The van der Waals surface area contributed by atoms with Crippen molar-refractivity contribution in [3.8, 4) is 0 Å². The first-order chi connectivity index (χ1) is 18.4. The third kappa shape index (κ3) is 6.33. The Bertz CT molecular complexity index is 1380. The second-order valence-corrected chi connectivity index (χ2v) is 9.47. The highest BCUT2D eigenvalue weighted by atomic mass is 35.5. The van der Waals surface area contributed by atoms with Crippen LogP contribution in [0.2, 0.25) is 5.15 Å². The van der Waals surface area contributed by atoms with Gasteiger partial charge < -0.3 is 24.7 Å². The predicted octanol–water partition coefficient (Wildman–Crippen LogP) is 5.34. The largest absolute Gasteiger partial charge is 0.480 e. The molecule has 0 unspecified atom stereocenters. The molecular weight excluding hydrogens is 504 g/mol. The highest BCUT2D eigenvalue weighted by molar-refractivity contribution is 6.30. The van der Waals surface area contributed by atoms with E-state index in [-0.39, 0.29) is 18.7 Å². The lowest BCUT2D eigenvalue weighted by atomic mass is 10.1. The van der Waals surface area contributed by atoms with Crippen LogP contribution in [0.4, 0.5) is 5.69 Å². The van der Waals surface area contributed by atoms with Crippen molar-refractivity contribution >= 4 is 29.2 Å². The lowest BCUT2D eigenvalue weighted by molar-refractivity contribution is -0.140. The maximum Gasteiger partial charge on any atom is 0.327 e. The summed E-state index contributed by atoms with van der Waals surface area (Å²) in [4.78, 5) is 29.6. The molecule has 0 aliphatic rings. The molecule has 1 amide bonds. The summed E-state index contributed by atoms with van der Waals surface area (Å²) in [6, 6.07) is 19.1. The zero-order chi connectivity index (χ0) is 27.1. The number of imidazole rings is 1. The van der Waals surface area contributed by atoms with Crippen LogP contribution in [-0.4, -0.2) is 36.2 Å². The van der Waals surface area contributed by atoms with Gasteiger partial charge in [0.2, 0.25) is 0 Å². The summed E-state index contributed by atoms with van der Waals surface area (Å²) in [5, 5.41) is 22.9. The van der Waals surface area contributed by atoms with Crippen LogP contribution in [0.3, 0.4) is 0 Å². The van der Waals surface area contributed by atoms with Crippen molar-refractivity contribution in [3.05, 3.63) is 106 Å². The molecule has 2 aromatic carbocycles. The second-order valence-electron chi connectivity index (χ2n) is 9.11. The van der Waals surface area contributed by atoms with Crippen LogP contribution in [0.1, 0.15) is 58.9 Å². The Labute approximate surface area is 226 Å². The number of amides is 1. The van der Waals surface area contributed by atoms with Crippen LogP contribution >= 0.6 is 11.6 Å². The standard InChI is InChI=1S/C29H31ClN4O4/c1-2-3-11-26-32-27(30)25(19-35)34(26)18-21-12-14-22(15-13-21)31-28(36)23-10-7-16-33(23)24(29(37)38)17-20-8-5-4-6-9-20/h4-10,12-16,24,35H,2-3,11,17-19H2,1H3,(H,31,36)(H,37,38)/t24-/m0/s1. The SMILES string of the molecule is CCCCc1nc(Cl)c(CO)n1Cc1ccc(NC(=O)c2cccn2[C@@H](Cc2ccccc2)C(=O)O)cc1. The van der Waals surface area contributed by atoms with E-state index >= 15 is 0 Å². The fourth-order valence-corrected chi connectivity index (χ4v) is 4.70. The van der Waals surface area contributed by atoms with Crippen molar-refractivity contribution in [1.82, 2.24) is 14.1 Å². The predicted molar refractivity (Wildman–Crippen MR) is 147 cm³/mol. The van der Waals surface area contributed by atoms with E-state index in [2.05, 4.69) is 17.2 Å². The zero-order valence-corrected chi connectivity index (χ0v) is 21.9. The number of hydrogen-bond donors (Lipinski definition) is 3. The number of nitrogens with zero attached hydrogens (tertiary/aromatic N) is 3. The highest BCUT2D eigenvalue weighted by Gasteiger charge is 2.24. The van der Waals surface area contributed by atoms with Gasteiger partial charge in [-0.05, 0) is 41.8 Å². The molecule has 0 fully saturated rings.